The predicted octanol–water partition coefficient (Wildman–Crippen LogP) is 1.45. The summed E-state index contributed by atoms with van der Waals surface area (Å²) in [6, 6.07) is 10.8. The van der Waals surface area contributed by atoms with Gasteiger partial charge in [-0.1, -0.05) is 18.2 Å². The lowest BCUT2D eigenvalue weighted by Gasteiger charge is -2.32. The lowest BCUT2D eigenvalue weighted by atomic mass is 10.2. The third-order valence-electron chi connectivity index (χ3n) is 3.94. The van der Waals surface area contributed by atoms with Crippen molar-refractivity contribution in [3.63, 3.8) is 0 Å². The third kappa shape index (κ3) is 4.67. The van der Waals surface area contributed by atoms with E-state index in [0.717, 1.165) is 5.75 Å². The molecule has 1 aliphatic rings. The van der Waals surface area contributed by atoms with E-state index in [1.165, 1.54) is 6.07 Å². The van der Waals surface area contributed by atoms with Crippen LogP contribution >= 0.6 is 0 Å². The maximum Gasteiger partial charge on any atom is 0.251 e. The Balaban J connectivity index is 1.55. The van der Waals surface area contributed by atoms with Crippen molar-refractivity contribution in [1.29, 1.82) is 0 Å². The lowest BCUT2D eigenvalue weighted by molar-refractivity contribution is -0.139. The normalized spacial score (nSPS) is 17.3. The van der Waals surface area contributed by atoms with Crippen LogP contribution in [0.2, 0.25) is 0 Å². The summed E-state index contributed by atoms with van der Waals surface area (Å²) in [6.45, 7) is 3.39. The van der Waals surface area contributed by atoms with Crippen LogP contribution < -0.4 is 10.3 Å². The Kier molecular flexibility index (Phi) is 5.45. The van der Waals surface area contributed by atoms with E-state index in [1.807, 2.05) is 30.3 Å². The number of carbonyl (C=O) groups is 1. The number of hydrogen-bond donors (Lipinski definition) is 1. The number of morpholine rings is 1. The lowest BCUT2D eigenvalue weighted by Crippen LogP contribution is -2.43. The molecule has 1 aliphatic heterocycles. The molecule has 0 aliphatic carbocycles. The number of benzene rings is 1. The number of amides is 1. The predicted molar refractivity (Wildman–Crippen MR) is 91.4 cm³/mol. The quantitative estimate of drug-likeness (QED) is 0.888. The molecule has 0 unspecified atom stereocenters. The van der Waals surface area contributed by atoms with Crippen molar-refractivity contribution in [3.05, 3.63) is 58.3 Å². The second-order valence-corrected chi connectivity index (χ2v) is 5.88. The summed E-state index contributed by atoms with van der Waals surface area (Å²) in [5.41, 5.74) is 0.410. The summed E-state index contributed by atoms with van der Waals surface area (Å²) in [4.78, 5) is 32.7. The largest absolute Gasteiger partial charge is 0.493 e. The van der Waals surface area contributed by atoms with Gasteiger partial charge in [-0.25, -0.2) is 4.98 Å². The molecule has 0 spiro atoms. The van der Waals surface area contributed by atoms with Crippen molar-refractivity contribution in [3.8, 4) is 5.75 Å². The van der Waals surface area contributed by atoms with Gasteiger partial charge in [-0.3, -0.25) is 9.59 Å². The van der Waals surface area contributed by atoms with Gasteiger partial charge in [0.15, 0.2) is 0 Å². The zero-order valence-electron chi connectivity index (χ0n) is 14.1. The zero-order chi connectivity index (χ0) is 17.6. The molecular formula is C18H21N3O4. The van der Waals surface area contributed by atoms with E-state index in [9.17, 15) is 9.59 Å². The minimum absolute atomic E-state index is 0.000712. The van der Waals surface area contributed by atoms with Gasteiger partial charge in [0.25, 0.3) is 5.56 Å². The number of carbonyl (C=O) groups excluding carboxylic acids is 1. The first-order valence-corrected chi connectivity index (χ1v) is 8.27. The first-order valence-electron chi connectivity index (χ1n) is 8.27. The summed E-state index contributed by atoms with van der Waals surface area (Å²) < 4.78 is 11.2. The zero-order valence-corrected chi connectivity index (χ0v) is 14.1. The molecule has 25 heavy (non-hydrogen) atoms. The summed E-state index contributed by atoms with van der Waals surface area (Å²) in [5.74, 6) is 1.21. The molecule has 2 heterocycles. The number of aromatic nitrogens is 2. The minimum Gasteiger partial charge on any atom is -0.493 e. The smallest absolute Gasteiger partial charge is 0.251 e. The summed E-state index contributed by atoms with van der Waals surface area (Å²) in [5, 5.41) is 0. The van der Waals surface area contributed by atoms with Crippen molar-refractivity contribution >= 4 is 5.91 Å². The summed E-state index contributed by atoms with van der Waals surface area (Å²) in [6.07, 6.45) is -0.125. The maximum atomic E-state index is 12.4. The molecule has 0 saturated carbocycles. The first kappa shape index (κ1) is 17.2. The van der Waals surface area contributed by atoms with Crippen molar-refractivity contribution in [1.82, 2.24) is 14.9 Å². The second kappa shape index (κ2) is 7.94. The molecule has 1 aromatic carbocycles. The summed E-state index contributed by atoms with van der Waals surface area (Å²) in [7, 11) is 0. The molecule has 1 saturated heterocycles. The number of nitrogens with one attached hydrogen (secondary N) is 1. The molecule has 1 fully saturated rings. The van der Waals surface area contributed by atoms with Crippen LogP contribution in [0.5, 0.6) is 5.75 Å². The molecule has 2 aromatic rings. The highest BCUT2D eigenvalue weighted by Gasteiger charge is 2.27. The fourth-order valence-electron chi connectivity index (χ4n) is 2.73. The van der Waals surface area contributed by atoms with E-state index in [-0.39, 0.29) is 11.5 Å². The van der Waals surface area contributed by atoms with Gasteiger partial charge >= 0.3 is 0 Å². The van der Waals surface area contributed by atoms with E-state index in [0.29, 0.717) is 44.2 Å². The van der Waals surface area contributed by atoms with Gasteiger partial charge in [0, 0.05) is 18.3 Å². The molecule has 0 radical (unpaired) electrons. The Morgan fingerprint density at radius 3 is 2.96 bits per heavy atom. The number of hydrogen-bond acceptors (Lipinski definition) is 5. The molecule has 1 aromatic heterocycles. The summed E-state index contributed by atoms with van der Waals surface area (Å²) >= 11 is 0. The number of para-hydroxylation sites is 1. The highest BCUT2D eigenvalue weighted by molar-refractivity contribution is 5.76. The molecule has 1 atom stereocenters. The molecule has 3 rings (SSSR count). The Labute approximate surface area is 145 Å². The van der Waals surface area contributed by atoms with Gasteiger partial charge in [-0.05, 0) is 19.1 Å². The highest BCUT2D eigenvalue weighted by atomic mass is 16.5. The van der Waals surface area contributed by atoms with Gasteiger partial charge < -0.3 is 19.4 Å². The van der Waals surface area contributed by atoms with Crippen LogP contribution in [0.1, 0.15) is 24.0 Å². The minimum atomic E-state index is -0.416. The maximum absolute atomic E-state index is 12.4. The van der Waals surface area contributed by atoms with Gasteiger partial charge in [0.1, 0.15) is 17.7 Å². The molecule has 132 valence electrons. The van der Waals surface area contributed by atoms with E-state index < -0.39 is 6.10 Å². The number of ether oxygens (including phenoxy) is 2. The van der Waals surface area contributed by atoms with E-state index >= 15 is 0 Å². The van der Waals surface area contributed by atoms with Crippen LogP contribution in [0, 0.1) is 6.92 Å². The van der Waals surface area contributed by atoms with E-state index in [2.05, 4.69) is 9.97 Å². The van der Waals surface area contributed by atoms with Crippen LogP contribution in [-0.2, 0) is 9.53 Å². The average molecular weight is 343 g/mol. The number of rotatable bonds is 5. The standard InChI is InChI=1S/C18H21N3O4/c1-13-11-16(22)20-18(19-13)15-12-21(8-10-25-15)17(23)7-9-24-14-5-3-2-4-6-14/h2-6,11,15H,7-10,12H2,1H3,(H,19,20,22)/t15-/m1/s1. The van der Waals surface area contributed by atoms with Crippen molar-refractivity contribution in [2.45, 2.75) is 19.4 Å². The first-order chi connectivity index (χ1) is 12.1. The highest BCUT2D eigenvalue weighted by Crippen LogP contribution is 2.19. The fraction of sp³-hybridized carbons (Fsp3) is 0.389. The van der Waals surface area contributed by atoms with Gasteiger partial charge in [0.05, 0.1) is 26.2 Å². The van der Waals surface area contributed by atoms with Crippen molar-refractivity contribution in [2.24, 2.45) is 0 Å². The number of nitrogens with zero attached hydrogens (tertiary/aromatic N) is 2. The Hall–Kier alpha value is -2.67. The number of aryl methyl sites for hydroxylation is 1. The molecule has 1 N–H and O–H groups in total. The molecule has 0 bridgehead atoms. The molecule has 7 heteroatoms. The molecule has 1 amide bonds. The van der Waals surface area contributed by atoms with Crippen LogP contribution in [0.25, 0.3) is 0 Å². The monoisotopic (exact) mass is 343 g/mol. The van der Waals surface area contributed by atoms with Gasteiger partial charge in [-0.15, -0.1) is 0 Å². The van der Waals surface area contributed by atoms with Crippen molar-refractivity contribution < 1.29 is 14.3 Å². The Morgan fingerprint density at radius 2 is 2.20 bits per heavy atom. The number of aromatic amines is 1. The van der Waals surface area contributed by atoms with E-state index in [1.54, 1.807) is 11.8 Å². The van der Waals surface area contributed by atoms with Crippen LogP contribution in [0.15, 0.2) is 41.2 Å². The Morgan fingerprint density at radius 1 is 1.40 bits per heavy atom. The van der Waals surface area contributed by atoms with E-state index in [4.69, 9.17) is 9.47 Å². The van der Waals surface area contributed by atoms with Gasteiger partial charge in [-0.2, -0.15) is 0 Å². The second-order valence-electron chi connectivity index (χ2n) is 5.88. The fourth-order valence-corrected chi connectivity index (χ4v) is 2.73. The Bertz CT molecular complexity index is 775. The van der Waals surface area contributed by atoms with Crippen LogP contribution in [-0.4, -0.2) is 47.1 Å². The molecule has 7 nitrogen and oxygen atoms in total. The molecular weight excluding hydrogens is 322 g/mol. The van der Waals surface area contributed by atoms with Crippen LogP contribution in [0.4, 0.5) is 0 Å². The third-order valence-corrected chi connectivity index (χ3v) is 3.94. The SMILES string of the molecule is Cc1cc(=O)[nH]c([C@H]2CN(C(=O)CCOc3ccccc3)CCO2)n1. The van der Waals surface area contributed by atoms with Crippen LogP contribution in [0.3, 0.4) is 0 Å². The van der Waals surface area contributed by atoms with Gasteiger partial charge in [0.2, 0.25) is 5.91 Å². The topological polar surface area (TPSA) is 84.5 Å². The number of H-pyrrole nitrogens is 1. The average Bonchev–Trinajstić information content (AvgIpc) is 2.62. The van der Waals surface area contributed by atoms with Crippen molar-refractivity contribution in [2.75, 3.05) is 26.3 Å².